The normalized spacial score (nSPS) is 19.4. The molecule has 0 N–H and O–H groups in total. The van der Waals surface area contributed by atoms with E-state index < -0.39 is 0 Å². The van der Waals surface area contributed by atoms with Gasteiger partial charge in [0.1, 0.15) is 5.82 Å². The average Bonchev–Trinajstić information content (AvgIpc) is 3.25. The van der Waals surface area contributed by atoms with Crippen molar-refractivity contribution in [1.29, 1.82) is 0 Å². The Morgan fingerprint density at radius 2 is 1.89 bits per heavy atom. The Hall–Kier alpha value is -2.41. The Morgan fingerprint density at radius 1 is 1.11 bits per heavy atom. The molecule has 2 aromatic rings. The zero-order valence-corrected chi connectivity index (χ0v) is 16.7. The highest BCUT2D eigenvalue weighted by Crippen LogP contribution is 2.32. The summed E-state index contributed by atoms with van der Waals surface area (Å²) in [5.74, 6) is 1.93. The molecule has 1 saturated heterocycles. The average molecular weight is 402 g/mol. The minimum absolute atomic E-state index is 0.0510. The number of carbonyl (C=O) groups excluding carboxylic acids is 2. The summed E-state index contributed by atoms with van der Waals surface area (Å²) in [6.07, 6.45) is 2.89. The molecule has 0 radical (unpaired) electrons. The first-order valence-corrected chi connectivity index (χ1v) is 10.1. The van der Waals surface area contributed by atoms with Gasteiger partial charge in [-0.3, -0.25) is 9.59 Å². The van der Waals surface area contributed by atoms with Gasteiger partial charge >= 0.3 is 0 Å². The Bertz CT molecular complexity index is 879. The molecule has 0 saturated carbocycles. The zero-order valence-electron chi connectivity index (χ0n) is 16.0. The van der Waals surface area contributed by atoms with Crippen LogP contribution in [0.3, 0.4) is 0 Å². The quantitative estimate of drug-likeness (QED) is 0.790. The SMILES string of the molecule is CC(=O)N1CCc2nnc(C3CCCN3C(=O)Cc3ccc(Cl)cc3)n2CC1. The van der Waals surface area contributed by atoms with Crippen LogP contribution in [0, 0.1) is 0 Å². The molecule has 0 spiro atoms. The zero-order chi connectivity index (χ0) is 19.7. The molecule has 3 heterocycles. The van der Waals surface area contributed by atoms with E-state index in [0.717, 1.165) is 36.6 Å². The predicted molar refractivity (Wildman–Crippen MR) is 105 cm³/mol. The smallest absolute Gasteiger partial charge is 0.227 e. The number of aromatic nitrogens is 3. The van der Waals surface area contributed by atoms with Crippen LogP contribution in [0.15, 0.2) is 24.3 Å². The van der Waals surface area contributed by atoms with Gasteiger partial charge in [0.25, 0.3) is 0 Å². The first-order chi connectivity index (χ1) is 13.5. The number of amides is 2. The summed E-state index contributed by atoms with van der Waals surface area (Å²) in [6.45, 7) is 4.32. The monoisotopic (exact) mass is 401 g/mol. The molecule has 1 atom stereocenters. The Labute approximate surface area is 169 Å². The Morgan fingerprint density at radius 3 is 2.64 bits per heavy atom. The van der Waals surface area contributed by atoms with Crippen molar-refractivity contribution >= 4 is 23.4 Å². The summed E-state index contributed by atoms with van der Waals surface area (Å²) < 4.78 is 2.11. The standard InChI is InChI=1S/C20H24ClN5O2/c1-14(27)24-10-8-18-22-23-20(26(18)12-11-24)17-3-2-9-25(17)19(28)13-15-4-6-16(21)7-5-15/h4-7,17H,2-3,8-13H2,1H3. The van der Waals surface area contributed by atoms with Gasteiger partial charge in [0.2, 0.25) is 11.8 Å². The molecule has 2 amide bonds. The topological polar surface area (TPSA) is 71.3 Å². The van der Waals surface area contributed by atoms with Crippen LogP contribution in [0.4, 0.5) is 0 Å². The first kappa shape index (κ1) is 18.9. The molecule has 8 heteroatoms. The second-order valence-electron chi connectivity index (χ2n) is 7.43. The van der Waals surface area contributed by atoms with Crippen LogP contribution in [-0.2, 0) is 29.0 Å². The number of rotatable bonds is 3. The van der Waals surface area contributed by atoms with Gasteiger partial charge in [-0.15, -0.1) is 10.2 Å². The number of hydrogen-bond donors (Lipinski definition) is 0. The third-order valence-corrected chi connectivity index (χ3v) is 5.89. The molecule has 1 unspecified atom stereocenters. The Kier molecular flexibility index (Phi) is 5.35. The summed E-state index contributed by atoms with van der Waals surface area (Å²) in [6, 6.07) is 7.36. The number of carbonyl (C=O) groups is 2. The minimum Gasteiger partial charge on any atom is -0.341 e. The molecule has 148 valence electrons. The van der Waals surface area contributed by atoms with E-state index in [1.54, 1.807) is 6.92 Å². The van der Waals surface area contributed by atoms with Gasteiger partial charge in [0.15, 0.2) is 5.82 Å². The molecule has 7 nitrogen and oxygen atoms in total. The van der Waals surface area contributed by atoms with E-state index in [9.17, 15) is 9.59 Å². The van der Waals surface area contributed by atoms with Gasteiger partial charge in [0.05, 0.1) is 12.5 Å². The van der Waals surface area contributed by atoms with Crippen molar-refractivity contribution in [3.63, 3.8) is 0 Å². The van der Waals surface area contributed by atoms with Gasteiger partial charge in [-0.05, 0) is 30.5 Å². The second-order valence-corrected chi connectivity index (χ2v) is 7.87. The van der Waals surface area contributed by atoms with Crippen LogP contribution in [0.2, 0.25) is 5.02 Å². The summed E-state index contributed by atoms with van der Waals surface area (Å²) in [5, 5.41) is 9.47. The molecule has 2 aliphatic rings. The molecule has 0 aliphatic carbocycles. The van der Waals surface area contributed by atoms with Gasteiger partial charge in [-0.25, -0.2) is 0 Å². The molecule has 1 aromatic carbocycles. The van der Waals surface area contributed by atoms with E-state index >= 15 is 0 Å². The second kappa shape index (κ2) is 7.91. The summed E-state index contributed by atoms with van der Waals surface area (Å²) in [4.78, 5) is 28.5. The molecular formula is C20H24ClN5O2. The number of halogens is 1. The molecule has 2 aliphatic heterocycles. The highest BCUT2D eigenvalue weighted by atomic mass is 35.5. The van der Waals surface area contributed by atoms with Crippen molar-refractivity contribution in [2.75, 3.05) is 19.6 Å². The third kappa shape index (κ3) is 3.76. The highest BCUT2D eigenvalue weighted by molar-refractivity contribution is 6.30. The van der Waals surface area contributed by atoms with Gasteiger partial charge < -0.3 is 14.4 Å². The lowest BCUT2D eigenvalue weighted by atomic mass is 10.1. The summed E-state index contributed by atoms with van der Waals surface area (Å²) >= 11 is 5.94. The van der Waals surface area contributed by atoms with E-state index in [0.29, 0.717) is 37.5 Å². The van der Waals surface area contributed by atoms with Crippen molar-refractivity contribution in [2.45, 2.75) is 45.2 Å². The molecular weight excluding hydrogens is 378 g/mol. The molecule has 28 heavy (non-hydrogen) atoms. The summed E-state index contributed by atoms with van der Waals surface area (Å²) in [7, 11) is 0. The lowest BCUT2D eigenvalue weighted by Crippen LogP contribution is -2.34. The molecule has 0 bridgehead atoms. The number of likely N-dealkylation sites (tertiary alicyclic amines) is 1. The maximum absolute atomic E-state index is 13.0. The van der Waals surface area contributed by atoms with Crippen LogP contribution in [-0.4, -0.2) is 56.0 Å². The predicted octanol–water partition coefficient (Wildman–Crippen LogP) is 2.24. The van der Waals surface area contributed by atoms with Crippen LogP contribution in [0.5, 0.6) is 0 Å². The third-order valence-electron chi connectivity index (χ3n) is 5.64. The maximum Gasteiger partial charge on any atom is 0.227 e. The van der Waals surface area contributed by atoms with Crippen LogP contribution in [0.25, 0.3) is 0 Å². The number of hydrogen-bond acceptors (Lipinski definition) is 4. The first-order valence-electron chi connectivity index (χ1n) is 9.74. The van der Waals surface area contributed by atoms with E-state index in [4.69, 9.17) is 11.6 Å². The lowest BCUT2D eigenvalue weighted by Gasteiger charge is -2.25. The van der Waals surface area contributed by atoms with Gasteiger partial charge in [-0.2, -0.15) is 0 Å². The number of fused-ring (bicyclic) bond motifs is 1. The number of benzene rings is 1. The fourth-order valence-electron chi connectivity index (χ4n) is 4.12. The van der Waals surface area contributed by atoms with Crippen LogP contribution < -0.4 is 0 Å². The van der Waals surface area contributed by atoms with E-state index in [1.165, 1.54) is 0 Å². The van der Waals surface area contributed by atoms with Crippen molar-refractivity contribution in [2.24, 2.45) is 0 Å². The minimum atomic E-state index is -0.0510. The van der Waals surface area contributed by atoms with E-state index in [2.05, 4.69) is 14.8 Å². The van der Waals surface area contributed by atoms with Crippen molar-refractivity contribution in [3.8, 4) is 0 Å². The van der Waals surface area contributed by atoms with Crippen molar-refractivity contribution in [3.05, 3.63) is 46.5 Å². The fraction of sp³-hybridized carbons (Fsp3) is 0.500. The highest BCUT2D eigenvalue weighted by Gasteiger charge is 2.34. The summed E-state index contributed by atoms with van der Waals surface area (Å²) in [5.41, 5.74) is 0.956. The van der Waals surface area contributed by atoms with E-state index in [1.807, 2.05) is 34.1 Å². The van der Waals surface area contributed by atoms with Crippen LogP contribution >= 0.6 is 11.6 Å². The molecule has 4 rings (SSSR count). The number of nitrogens with zero attached hydrogens (tertiary/aromatic N) is 5. The molecule has 1 fully saturated rings. The van der Waals surface area contributed by atoms with E-state index in [-0.39, 0.29) is 17.9 Å². The van der Waals surface area contributed by atoms with Crippen LogP contribution in [0.1, 0.15) is 43.0 Å². The fourth-order valence-corrected chi connectivity index (χ4v) is 4.24. The largest absolute Gasteiger partial charge is 0.341 e. The van der Waals surface area contributed by atoms with Gasteiger partial charge in [-0.1, -0.05) is 23.7 Å². The Balaban J connectivity index is 1.51. The van der Waals surface area contributed by atoms with Crippen molar-refractivity contribution in [1.82, 2.24) is 24.6 Å². The molecule has 1 aromatic heterocycles. The maximum atomic E-state index is 13.0. The lowest BCUT2D eigenvalue weighted by molar-refractivity contribution is -0.131. The van der Waals surface area contributed by atoms with Gasteiger partial charge in [0, 0.05) is 44.5 Å². The van der Waals surface area contributed by atoms with Crippen molar-refractivity contribution < 1.29 is 9.59 Å².